The van der Waals surface area contributed by atoms with Gasteiger partial charge in [0.15, 0.2) is 0 Å². The van der Waals surface area contributed by atoms with Crippen molar-refractivity contribution in [3.63, 3.8) is 0 Å². The van der Waals surface area contributed by atoms with E-state index in [4.69, 9.17) is 16.3 Å². The lowest BCUT2D eigenvalue weighted by molar-refractivity contribution is 0.0949. The molecule has 1 amide bonds. The van der Waals surface area contributed by atoms with Crippen LogP contribution in [0.25, 0.3) is 10.9 Å². The van der Waals surface area contributed by atoms with Crippen molar-refractivity contribution >= 4 is 28.4 Å². The van der Waals surface area contributed by atoms with Crippen molar-refractivity contribution in [3.05, 3.63) is 94.4 Å². The Labute approximate surface area is 181 Å². The van der Waals surface area contributed by atoms with Crippen LogP contribution in [0.2, 0.25) is 5.02 Å². The molecule has 0 fully saturated rings. The van der Waals surface area contributed by atoms with Gasteiger partial charge >= 0.3 is 0 Å². The average molecular weight is 440 g/mol. The van der Waals surface area contributed by atoms with Gasteiger partial charge in [0.2, 0.25) is 11.9 Å². The number of nitrogens with zero attached hydrogens (tertiary/aromatic N) is 2. The van der Waals surface area contributed by atoms with Gasteiger partial charge in [-0.3, -0.25) is 9.78 Å². The van der Waals surface area contributed by atoms with Crippen LogP contribution in [0.3, 0.4) is 0 Å². The van der Waals surface area contributed by atoms with Crippen molar-refractivity contribution in [2.45, 2.75) is 13.5 Å². The van der Waals surface area contributed by atoms with Gasteiger partial charge < -0.3 is 10.1 Å². The highest BCUT2D eigenvalue weighted by atomic mass is 35.5. The summed E-state index contributed by atoms with van der Waals surface area (Å²) in [7, 11) is 0. The van der Waals surface area contributed by atoms with E-state index >= 15 is 0 Å². The Bertz CT molecular complexity index is 1280. The molecule has 31 heavy (non-hydrogen) atoms. The number of carbonyl (C=O) groups excluding carboxylic acids is 1. The Morgan fingerprint density at radius 2 is 1.84 bits per heavy atom. The minimum atomic E-state index is -0.943. The molecule has 0 aliphatic heterocycles. The summed E-state index contributed by atoms with van der Waals surface area (Å²) >= 11 is 6.03. The lowest BCUT2D eigenvalue weighted by atomic mass is 10.1. The Hall–Kier alpha value is -3.58. The second-order valence-corrected chi connectivity index (χ2v) is 7.24. The quantitative estimate of drug-likeness (QED) is 0.411. The van der Waals surface area contributed by atoms with Crippen LogP contribution in [0.15, 0.2) is 60.8 Å². The lowest BCUT2D eigenvalue weighted by Gasteiger charge is -2.14. The number of rotatable bonds is 5. The number of pyridine rings is 2. The molecule has 5 nitrogen and oxygen atoms in total. The Balaban J connectivity index is 1.56. The number of benzene rings is 2. The largest absolute Gasteiger partial charge is 0.456 e. The van der Waals surface area contributed by atoms with Crippen LogP contribution in [-0.4, -0.2) is 15.9 Å². The van der Waals surface area contributed by atoms with Gasteiger partial charge in [0.25, 0.3) is 5.91 Å². The maximum absolute atomic E-state index is 13.2. The van der Waals surface area contributed by atoms with E-state index in [1.165, 1.54) is 0 Å². The summed E-state index contributed by atoms with van der Waals surface area (Å²) in [5.41, 5.74) is 1.96. The van der Waals surface area contributed by atoms with Crippen molar-refractivity contribution in [1.82, 2.24) is 15.3 Å². The summed E-state index contributed by atoms with van der Waals surface area (Å²) in [6.45, 7) is 1.71. The molecule has 0 aliphatic carbocycles. The summed E-state index contributed by atoms with van der Waals surface area (Å²) in [5, 5.41) is 4.01. The van der Waals surface area contributed by atoms with Crippen molar-refractivity contribution in [1.29, 1.82) is 0 Å². The number of hydrogen-bond donors (Lipinski definition) is 1. The molecule has 1 N–H and O–H groups in total. The Kier molecular flexibility index (Phi) is 5.77. The maximum atomic E-state index is 13.2. The molecular weight excluding hydrogens is 424 g/mol. The van der Waals surface area contributed by atoms with E-state index < -0.39 is 17.8 Å². The molecule has 0 aliphatic rings. The smallest absolute Gasteiger partial charge is 0.251 e. The molecule has 2 heterocycles. The molecule has 0 radical (unpaired) electrons. The highest BCUT2D eigenvalue weighted by molar-refractivity contribution is 6.31. The Morgan fingerprint density at radius 3 is 2.61 bits per heavy atom. The third-order valence-electron chi connectivity index (χ3n) is 4.69. The molecule has 8 heteroatoms. The fourth-order valence-corrected chi connectivity index (χ4v) is 3.33. The SMILES string of the molecule is Cc1c(Oc2ccnc3cc(Cl)ccc23)cccc1C(=O)NCc1cc(F)nc(F)c1. The van der Waals surface area contributed by atoms with E-state index in [0.29, 0.717) is 33.2 Å². The molecular formula is C23H16ClF2N3O2. The highest BCUT2D eigenvalue weighted by Crippen LogP contribution is 2.32. The molecule has 0 spiro atoms. The molecule has 156 valence electrons. The molecule has 0 atom stereocenters. The first-order valence-electron chi connectivity index (χ1n) is 9.32. The maximum Gasteiger partial charge on any atom is 0.251 e. The minimum Gasteiger partial charge on any atom is -0.456 e. The second-order valence-electron chi connectivity index (χ2n) is 6.80. The third kappa shape index (κ3) is 4.62. The van der Waals surface area contributed by atoms with Gasteiger partial charge in [-0.15, -0.1) is 0 Å². The zero-order valence-corrected chi connectivity index (χ0v) is 17.1. The van der Waals surface area contributed by atoms with E-state index in [2.05, 4.69) is 15.3 Å². The van der Waals surface area contributed by atoms with Crippen molar-refractivity contribution in [2.24, 2.45) is 0 Å². The number of carbonyl (C=O) groups is 1. The van der Waals surface area contributed by atoms with Crippen LogP contribution in [0.5, 0.6) is 11.5 Å². The van der Waals surface area contributed by atoms with E-state index in [9.17, 15) is 13.6 Å². The summed E-state index contributed by atoms with van der Waals surface area (Å²) in [6, 6.07) is 14.3. The minimum absolute atomic E-state index is 0.0462. The van der Waals surface area contributed by atoms with Crippen molar-refractivity contribution in [2.75, 3.05) is 0 Å². The molecule has 0 saturated heterocycles. The van der Waals surface area contributed by atoms with E-state index in [0.717, 1.165) is 17.5 Å². The number of nitrogens with one attached hydrogen (secondary N) is 1. The summed E-state index contributed by atoms with van der Waals surface area (Å²) in [5.74, 6) is -1.21. The summed E-state index contributed by atoms with van der Waals surface area (Å²) < 4.78 is 32.6. The third-order valence-corrected chi connectivity index (χ3v) is 4.92. The second kappa shape index (κ2) is 8.65. The molecule has 4 aromatic rings. The summed E-state index contributed by atoms with van der Waals surface area (Å²) in [4.78, 5) is 20.0. The molecule has 0 unspecified atom stereocenters. The number of aromatic nitrogens is 2. The fourth-order valence-electron chi connectivity index (χ4n) is 3.17. The van der Waals surface area contributed by atoms with Crippen LogP contribution >= 0.6 is 11.6 Å². The predicted octanol–water partition coefficient (Wildman–Crippen LogP) is 5.59. The fraction of sp³-hybridized carbons (Fsp3) is 0.0870. The van der Waals surface area contributed by atoms with Crippen LogP contribution in [-0.2, 0) is 6.54 Å². The first-order chi connectivity index (χ1) is 14.9. The summed E-state index contributed by atoms with van der Waals surface area (Å²) in [6.07, 6.45) is 1.62. The van der Waals surface area contributed by atoms with Crippen LogP contribution < -0.4 is 10.1 Å². The standard InChI is InChI=1S/C23H16ClF2N3O2/c1-13-16(23(30)28-12-14-9-21(25)29-22(26)10-14)3-2-4-19(13)31-20-7-8-27-18-11-15(24)5-6-17(18)20/h2-11H,12H2,1H3,(H,28,30). The predicted molar refractivity (Wildman–Crippen MR) is 113 cm³/mol. The van der Waals surface area contributed by atoms with Gasteiger partial charge in [-0.05, 0) is 61.0 Å². The first kappa shape index (κ1) is 20.7. The van der Waals surface area contributed by atoms with E-state index in [1.54, 1.807) is 49.5 Å². The molecule has 2 aromatic heterocycles. The highest BCUT2D eigenvalue weighted by Gasteiger charge is 2.14. The zero-order chi connectivity index (χ0) is 22.0. The average Bonchev–Trinajstić information content (AvgIpc) is 2.73. The number of hydrogen-bond acceptors (Lipinski definition) is 4. The van der Waals surface area contributed by atoms with Crippen LogP contribution in [0.1, 0.15) is 21.5 Å². The van der Waals surface area contributed by atoms with Crippen LogP contribution in [0, 0.1) is 18.8 Å². The van der Waals surface area contributed by atoms with Gasteiger partial charge in [0.05, 0.1) is 5.52 Å². The number of ether oxygens (including phenoxy) is 1. The lowest BCUT2D eigenvalue weighted by Crippen LogP contribution is -2.24. The van der Waals surface area contributed by atoms with Gasteiger partial charge in [0.1, 0.15) is 11.5 Å². The molecule has 0 saturated carbocycles. The number of fused-ring (bicyclic) bond motifs is 1. The van der Waals surface area contributed by atoms with E-state index in [-0.39, 0.29) is 12.1 Å². The Morgan fingerprint density at radius 1 is 1.06 bits per heavy atom. The molecule has 0 bridgehead atoms. The molecule has 2 aromatic carbocycles. The zero-order valence-electron chi connectivity index (χ0n) is 16.3. The van der Waals surface area contributed by atoms with Crippen molar-refractivity contribution in [3.8, 4) is 11.5 Å². The number of halogens is 3. The van der Waals surface area contributed by atoms with Crippen molar-refractivity contribution < 1.29 is 18.3 Å². The van der Waals surface area contributed by atoms with Gasteiger partial charge in [-0.1, -0.05) is 17.7 Å². The van der Waals surface area contributed by atoms with Crippen LogP contribution in [0.4, 0.5) is 8.78 Å². The first-order valence-corrected chi connectivity index (χ1v) is 9.70. The van der Waals surface area contributed by atoms with E-state index in [1.807, 2.05) is 6.07 Å². The van der Waals surface area contributed by atoms with Gasteiger partial charge in [0, 0.05) is 34.3 Å². The van der Waals surface area contributed by atoms with Gasteiger partial charge in [-0.2, -0.15) is 13.8 Å². The topological polar surface area (TPSA) is 64.1 Å². The molecule has 4 rings (SSSR count). The monoisotopic (exact) mass is 439 g/mol. The van der Waals surface area contributed by atoms with Gasteiger partial charge in [-0.25, -0.2) is 0 Å². The normalized spacial score (nSPS) is 10.8. The number of amides is 1.